The van der Waals surface area contributed by atoms with Crippen LogP contribution in [0, 0.1) is 24.1 Å². The molecule has 0 bridgehead atoms. The normalized spacial score (nSPS) is 11.0. The predicted octanol–water partition coefficient (Wildman–Crippen LogP) is 4.52. The minimum atomic E-state index is -3.76. The summed E-state index contributed by atoms with van der Waals surface area (Å²) in [4.78, 5) is 4.05. The van der Waals surface area contributed by atoms with Crippen molar-refractivity contribution in [3.8, 4) is 17.3 Å². The Bertz CT molecular complexity index is 1160. The summed E-state index contributed by atoms with van der Waals surface area (Å²) in [6.45, 7) is 1.86. The molecule has 0 saturated carbocycles. The van der Waals surface area contributed by atoms with E-state index in [0.717, 1.165) is 11.6 Å². The number of hydrogen-bond donors (Lipinski definition) is 1. The summed E-state index contributed by atoms with van der Waals surface area (Å²) in [6, 6.07) is 15.1. The summed E-state index contributed by atoms with van der Waals surface area (Å²) in [5.74, 6) is -0.722. The van der Waals surface area contributed by atoms with Gasteiger partial charge in [0.1, 0.15) is 6.07 Å². The Kier molecular flexibility index (Phi) is 5.13. The van der Waals surface area contributed by atoms with Gasteiger partial charge in [0, 0.05) is 5.56 Å². The molecule has 0 radical (unpaired) electrons. The molecule has 136 valence electrons. The summed E-state index contributed by atoms with van der Waals surface area (Å²) in [7, 11) is -3.76. The van der Waals surface area contributed by atoms with E-state index in [1.54, 1.807) is 24.3 Å². The second-order valence-corrected chi connectivity index (χ2v) is 7.84. The van der Waals surface area contributed by atoms with Crippen LogP contribution in [0.5, 0.6) is 0 Å². The van der Waals surface area contributed by atoms with Crippen LogP contribution < -0.4 is 4.72 Å². The zero-order chi connectivity index (χ0) is 19.6. The van der Waals surface area contributed by atoms with Gasteiger partial charge >= 0.3 is 0 Å². The van der Waals surface area contributed by atoms with Crippen molar-refractivity contribution in [1.29, 1.82) is 5.26 Å². The number of rotatable bonds is 4. The number of aromatic nitrogens is 1. The van der Waals surface area contributed by atoms with Crippen LogP contribution in [0.25, 0.3) is 11.3 Å². The van der Waals surface area contributed by atoms with Gasteiger partial charge in [-0.2, -0.15) is 5.26 Å². The van der Waals surface area contributed by atoms with Crippen molar-refractivity contribution in [1.82, 2.24) is 4.98 Å². The molecule has 0 spiro atoms. The first kappa shape index (κ1) is 18.8. The van der Waals surface area contributed by atoms with Gasteiger partial charge in [0.05, 0.1) is 21.3 Å². The maximum Gasteiger partial charge on any atom is 0.261 e. The number of hydrogen-bond acceptors (Lipinski definition) is 4. The first-order valence-corrected chi connectivity index (χ1v) is 9.62. The fraction of sp³-hybridized carbons (Fsp3) is 0.0526. The number of pyridine rings is 1. The van der Waals surface area contributed by atoms with E-state index in [4.69, 9.17) is 16.9 Å². The molecule has 2 aromatic carbocycles. The fourth-order valence-electron chi connectivity index (χ4n) is 2.39. The van der Waals surface area contributed by atoms with Crippen LogP contribution >= 0.6 is 11.6 Å². The largest absolute Gasteiger partial charge is 0.280 e. The zero-order valence-electron chi connectivity index (χ0n) is 14.1. The molecule has 0 aliphatic carbocycles. The standard InChI is InChI=1S/C19H13ClFN3O2S/c1-12-2-5-14(6-3-12)27(25,26)24-13-4-7-15(16(20)10-13)18-9-8-17(21)19(11-22)23-18/h2-10,24H,1H3. The molecule has 1 aromatic heterocycles. The molecule has 0 atom stereocenters. The Morgan fingerprint density at radius 2 is 1.81 bits per heavy atom. The quantitative estimate of drug-likeness (QED) is 0.696. The van der Waals surface area contributed by atoms with Crippen LogP contribution in [0.4, 0.5) is 10.1 Å². The molecule has 0 aliphatic rings. The van der Waals surface area contributed by atoms with E-state index in [1.807, 2.05) is 6.92 Å². The highest BCUT2D eigenvalue weighted by molar-refractivity contribution is 7.92. The minimum absolute atomic E-state index is 0.132. The second kappa shape index (κ2) is 7.35. The van der Waals surface area contributed by atoms with Crippen LogP contribution in [0.3, 0.4) is 0 Å². The topological polar surface area (TPSA) is 82.9 Å². The van der Waals surface area contributed by atoms with Crippen LogP contribution in [0.2, 0.25) is 5.02 Å². The Morgan fingerprint density at radius 1 is 1.11 bits per heavy atom. The number of aryl methyl sites for hydroxylation is 1. The highest BCUT2D eigenvalue weighted by atomic mass is 35.5. The Morgan fingerprint density at radius 3 is 2.44 bits per heavy atom. The number of nitrogens with one attached hydrogen (secondary N) is 1. The van der Waals surface area contributed by atoms with Crippen LogP contribution in [0.15, 0.2) is 59.5 Å². The third-order valence-corrected chi connectivity index (χ3v) is 5.49. The van der Waals surface area contributed by atoms with E-state index in [1.165, 1.54) is 30.3 Å². The Labute approximate surface area is 161 Å². The molecule has 0 fully saturated rings. The maximum absolute atomic E-state index is 13.4. The summed E-state index contributed by atoms with van der Waals surface area (Å²) in [5.41, 5.74) is 1.64. The molecule has 27 heavy (non-hydrogen) atoms. The van der Waals surface area contributed by atoms with Crippen molar-refractivity contribution in [2.75, 3.05) is 4.72 Å². The number of nitriles is 1. The minimum Gasteiger partial charge on any atom is -0.280 e. The fourth-order valence-corrected chi connectivity index (χ4v) is 3.72. The van der Waals surface area contributed by atoms with Crippen molar-refractivity contribution in [3.05, 3.63) is 76.7 Å². The van der Waals surface area contributed by atoms with E-state index in [2.05, 4.69) is 9.71 Å². The summed E-state index contributed by atoms with van der Waals surface area (Å²) in [5, 5.41) is 9.10. The third kappa shape index (κ3) is 4.08. The van der Waals surface area contributed by atoms with Gasteiger partial charge in [-0.15, -0.1) is 0 Å². The van der Waals surface area contributed by atoms with Gasteiger partial charge in [-0.05, 0) is 49.4 Å². The average molecular weight is 402 g/mol. The molecule has 0 saturated heterocycles. The highest BCUT2D eigenvalue weighted by Gasteiger charge is 2.15. The Hall–Kier alpha value is -2.95. The lowest BCUT2D eigenvalue weighted by atomic mass is 10.1. The lowest BCUT2D eigenvalue weighted by Crippen LogP contribution is -2.12. The molecule has 1 N–H and O–H groups in total. The number of sulfonamides is 1. The molecule has 5 nitrogen and oxygen atoms in total. The van der Waals surface area contributed by atoms with Crippen molar-refractivity contribution in [2.24, 2.45) is 0 Å². The summed E-state index contributed by atoms with van der Waals surface area (Å²) >= 11 is 6.24. The smallest absolute Gasteiger partial charge is 0.261 e. The lowest BCUT2D eigenvalue weighted by Gasteiger charge is -2.11. The van der Waals surface area contributed by atoms with Gasteiger partial charge < -0.3 is 0 Å². The van der Waals surface area contributed by atoms with Gasteiger partial charge in [0.2, 0.25) is 0 Å². The van der Waals surface area contributed by atoms with E-state index in [9.17, 15) is 12.8 Å². The van der Waals surface area contributed by atoms with Gasteiger partial charge in [-0.3, -0.25) is 4.72 Å². The SMILES string of the molecule is Cc1ccc(S(=O)(=O)Nc2ccc(-c3ccc(F)c(C#N)n3)c(Cl)c2)cc1. The molecular weight excluding hydrogens is 389 g/mol. The Balaban J connectivity index is 1.91. The van der Waals surface area contributed by atoms with E-state index >= 15 is 0 Å². The zero-order valence-corrected chi connectivity index (χ0v) is 15.6. The molecule has 0 amide bonds. The molecule has 3 aromatic rings. The third-order valence-electron chi connectivity index (χ3n) is 3.78. The van der Waals surface area contributed by atoms with Crippen LogP contribution in [-0.4, -0.2) is 13.4 Å². The lowest BCUT2D eigenvalue weighted by molar-refractivity contribution is 0.601. The molecule has 8 heteroatoms. The number of nitrogens with zero attached hydrogens (tertiary/aromatic N) is 2. The van der Waals surface area contributed by atoms with E-state index < -0.39 is 15.8 Å². The molecule has 0 aliphatic heterocycles. The van der Waals surface area contributed by atoms with Crippen molar-refractivity contribution < 1.29 is 12.8 Å². The summed E-state index contributed by atoms with van der Waals surface area (Å²) in [6.07, 6.45) is 0. The predicted molar refractivity (Wildman–Crippen MR) is 101 cm³/mol. The average Bonchev–Trinajstić information content (AvgIpc) is 2.62. The number of benzene rings is 2. The van der Waals surface area contributed by atoms with Crippen molar-refractivity contribution in [2.45, 2.75) is 11.8 Å². The van der Waals surface area contributed by atoms with E-state index in [-0.39, 0.29) is 21.3 Å². The van der Waals surface area contributed by atoms with Crippen molar-refractivity contribution in [3.63, 3.8) is 0 Å². The summed E-state index contributed by atoms with van der Waals surface area (Å²) < 4.78 is 40.8. The first-order chi connectivity index (χ1) is 12.8. The second-order valence-electron chi connectivity index (χ2n) is 5.75. The number of halogens is 2. The number of anilines is 1. The molecule has 3 rings (SSSR count). The van der Waals surface area contributed by atoms with Gasteiger partial charge in [-0.25, -0.2) is 17.8 Å². The van der Waals surface area contributed by atoms with Gasteiger partial charge in [-0.1, -0.05) is 29.3 Å². The van der Waals surface area contributed by atoms with Crippen LogP contribution in [-0.2, 0) is 10.0 Å². The van der Waals surface area contributed by atoms with E-state index in [0.29, 0.717) is 11.3 Å². The molecule has 1 heterocycles. The van der Waals surface area contributed by atoms with Crippen molar-refractivity contribution >= 4 is 27.3 Å². The van der Waals surface area contributed by atoms with Crippen LogP contribution in [0.1, 0.15) is 11.3 Å². The highest BCUT2D eigenvalue weighted by Crippen LogP contribution is 2.30. The van der Waals surface area contributed by atoms with Gasteiger partial charge in [0.15, 0.2) is 11.5 Å². The first-order valence-electron chi connectivity index (χ1n) is 7.76. The monoisotopic (exact) mass is 401 g/mol. The van der Waals surface area contributed by atoms with Gasteiger partial charge in [0.25, 0.3) is 10.0 Å². The molecular formula is C19H13ClFN3O2S. The molecule has 0 unspecified atom stereocenters. The maximum atomic E-state index is 13.4.